The molecule has 0 bridgehead atoms. The Hall–Kier alpha value is -4.15. The first-order valence-corrected chi connectivity index (χ1v) is 11.9. The number of ether oxygens (including phenoxy) is 1. The van der Waals surface area contributed by atoms with Gasteiger partial charge in [-0.1, -0.05) is 12.1 Å². The van der Waals surface area contributed by atoms with Gasteiger partial charge >= 0.3 is 6.09 Å². The van der Waals surface area contributed by atoms with Crippen LogP contribution in [-0.4, -0.2) is 55.3 Å². The zero-order chi connectivity index (χ0) is 26.0. The molecule has 3 aromatic rings. The minimum atomic E-state index is -0.571. The highest BCUT2D eigenvalue weighted by Gasteiger charge is 2.31. The fraction of sp³-hybridized carbons (Fsp3) is 0.400. The fourth-order valence-corrected chi connectivity index (χ4v) is 4.15. The molecule has 36 heavy (non-hydrogen) atoms. The van der Waals surface area contributed by atoms with Gasteiger partial charge in [0.2, 0.25) is 0 Å². The number of hydrogen-bond acceptors (Lipinski definition) is 8. The van der Waals surface area contributed by atoms with Gasteiger partial charge in [0.1, 0.15) is 23.4 Å². The van der Waals surface area contributed by atoms with E-state index in [2.05, 4.69) is 15.3 Å². The second kappa shape index (κ2) is 9.84. The van der Waals surface area contributed by atoms with Crippen molar-refractivity contribution in [2.24, 2.45) is 5.73 Å². The second-order valence-corrected chi connectivity index (χ2v) is 9.75. The zero-order valence-corrected chi connectivity index (χ0v) is 21.0. The third kappa shape index (κ3) is 5.24. The lowest BCUT2D eigenvalue weighted by Crippen LogP contribution is -2.43. The van der Waals surface area contributed by atoms with E-state index in [1.165, 1.54) is 6.33 Å². The van der Waals surface area contributed by atoms with Gasteiger partial charge in [0.15, 0.2) is 5.65 Å². The van der Waals surface area contributed by atoms with Crippen LogP contribution in [0, 0.1) is 0 Å². The quantitative estimate of drug-likeness (QED) is 0.502. The number of benzene rings is 1. The van der Waals surface area contributed by atoms with Crippen LogP contribution in [0.1, 0.15) is 56.9 Å². The molecule has 4 rings (SSSR count). The van der Waals surface area contributed by atoms with Crippen LogP contribution >= 0.6 is 0 Å². The van der Waals surface area contributed by atoms with E-state index in [-0.39, 0.29) is 23.9 Å². The maximum Gasteiger partial charge on any atom is 0.410 e. The number of nitrogens with one attached hydrogen (secondary N) is 1. The molecule has 1 fully saturated rings. The third-order valence-electron chi connectivity index (χ3n) is 5.90. The SMILES string of the molecule is C/C=C(\N)NC(=O)c1ccc(-c2nn([C@@H]3CCCN(C(=O)OC(C)(C)C)C3)c3ncnc(N)c23)cc1. The van der Waals surface area contributed by atoms with Gasteiger partial charge in [-0.15, -0.1) is 0 Å². The summed E-state index contributed by atoms with van der Waals surface area (Å²) in [6, 6.07) is 6.89. The Labute approximate surface area is 209 Å². The van der Waals surface area contributed by atoms with E-state index >= 15 is 0 Å². The summed E-state index contributed by atoms with van der Waals surface area (Å²) in [5.41, 5.74) is 13.8. The minimum absolute atomic E-state index is 0.106. The van der Waals surface area contributed by atoms with E-state index in [1.807, 2.05) is 25.5 Å². The van der Waals surface area contributed by atoms with Crippen molar-refractivity contribution in [3.63, 3.8) is 0 Å². The number of carbonyl (C=O) groups excluding carboxylic acids is 2. The molecule has 0 aliphatic carbocycles. The summed E-state index contributed by atoms with van der Waals surface area (Å²) in [4.78, 5) is 35.4. The molecule has 1 aliphatic rings. The molecule has 1 atom stereocenters. The maximum absolute atomic E-state index is 12.7. The molecular weight excluding hydrogens is 460 g/mol. The highest BCUT2D eigenvalue weighted by Crippen LogP contribution is 2.34. The topological polar surface area (TPSA) is 154 Å². The smallest absolute Gasteiger partial charge is 0.410 e. The molecule has 11 nitrogen and oxygen atoms in total. The van der Waals surface area contributed by atoms with E-state index in [4.69, 9.17) is 21.3 Å². The number of amides is 2. The van der Waals surface area contributed by atoms with Crippen LogP contribution in [0.2, 0.25) is 0 Å². The summed E-state index contributed by atoms with van der Waals surface area (Å²) in [6.45, 7) is 8.36. The number of anilines is 1. The van der Waals surface area contributed by atoms with Gasteiger partial charge in [-0.25, -0.2) is 19.4 Å². The highest BCUT2D eigenvalue weighted by molar-refractivity contribution is 5.99. The average Bonchev–Trinajstić information content (AvgIpc) is 3.24. The number of allylic oxidation sites excluding steroid dienone is 1. The van der Waals surface area contributed by atoms with Crippen molar-refractivity contribution in [3.05, 3.63) is 48.1 Å². The van der Waals surface area contributed by atoms with Gasteiger partial charge < -0.3 is 26.4 Å². The Morgan fingerprint density at radius 1 is 1.19 bits per heavy atom. The molecule has 1 aliphatic heterocycles. The van der Waals surface area contributed by atoms with Crippen LogP contribution in [0.4, 0.5) is 10.6 Å². The lowest BCUT2D eigenvalue weighted by molar-refractivity contribution is 0.0169. The highest BCUT2D eigenvalue weighted by atomic mass is 16.6. The first-order valence-electron chi connectivity index (χ1n) is 11.9. The summed E-state index contributed by atoms with van der Waals surface area (Å²) < 4.78 is 7.40. The molecule has 0 unspecified atom stereocenters. The maximum atomic E-state index is 12.7. The lowest BCUT2D eigenvalue weighted by Gasteiger charge is -2.34. The predicted molar refractivity (Wildman–Crippen MR) is 137 cm³/mol. The van der Waals surface area contributed by atoms with Gasteiger partial charge in [-0.3, -0.25) is 4.79 Å². The van der Waals surface area contributed by atoms with Crippen LogP contribution in [0.15, 0.2) is 42.5 Å². The van der Waals surface area contributed by atoms with E-state index < -0.39 is 5.60 Å². The van der Waals surface area contributed by atoms with E-state index in [0.29, 0.717) is 41.2 Å². The van der Waals surface area contributed by atoms with Crippen molar-refractivity contribution in [2.45, 2.75) is 52.2 Å². The first-order chi connectivity index (χ1) is 17.1. The van der Waals surface area contributed by atoms with Crippen LogP contribution < -0.4 is 16.8 Å². The number of aromatic nitrogens is 4. The Balaban J connectivity index is 1.66. The van der Waals surface area contributed by atoms with Crippen molar-refractivity contribution in [1.82, 2.24) is 30.0 Å². The molecular formula is C25H32N8O3. The van der Waals surface area contributed by atoms with E-state index in [0.717, 1.165) is 18.4 Å². The van der Waals surface area contributed by atoms with Gasteiger partial charge in [-0.05, 0) is 58.7 Å². The predicted octanol–water partition coefficient (Wildman–Crippen LogP) is 3.20. The molecule has 3 heterocycles. The lowest BCUT2D eigenvalue weighted by atomic mass is 10.1. The Morgan fingerprint density at radius 2 is 1.92 bits per heavy atom. The Morgan fingerprint density at radius 3 is 2.58 bits per heavy atom. The van der Waals surface area contributed by atoms with E-state index in [1.54, 1.807) is 42.2 Å². The van der Waals surface area contributed by atoms with Crippen molar-refractivity contribution < 1.29 is 14.3 Å². The molecule has 1 saturated heterocycles. The summed E-state index contributed by atoms with van der Waals surface area (Å²) in [7, 11) is 0. The summed E-state index contributed by atoms with van der Waals surface area (Å²) in [5, 5.41) is 8.12. The Bertz CT molecular complexity index is 1310. The molecule has 0 radical (unpaired) electrons. The molecule has 0 saturated carbocycles. The molecule has 1 aromatic carbocycles. The zero-order valence-electron chi connectivity index (χ0n) is 21.0. The molecule has 2 aromatic heterocycles. The number of fused-ring (bicyclic) bond motifs is 1. The van der Waals surface area contributed by atoms with Crippen molar-refractivity contribution in [3.8, 4) is 11.3 Å². The number of carbonyl (C=O) groups is 2. The first kappa shape index (κ1) is 25.0. The van der Waals surface area contributed by atoms with Crippen LogP contribution in [0.25, 0.3) is 22.3 Å². The fourth-order valence-electron chi connectivity index (χ4n) is 4.15. The molecule has 190 valence electrons. The van der Waals surface area contributed by atoms with Crippen molar-refractivity contribution in [1.29, 1.82) is 0 Å². The summed E-state index contributed by atoms with van der Waals surface area (Å²) in [5.74, 6) is 0.287. The number of likely N-dealkylation sites (tertiary alicyclic amines) is 1. The van der Waals surface area contributed by atoms with Crippen LogP contribution in [0.5, 0.6) is 0 Å². The normalized spacial score (nSPS) is 16.7. The number of piperidine rings is 1. The van der Waals surface area contributed by atoms with Crippen LogP contribution in [-0.2, 0) is 4.74 Å². The standard InChI is InChI=1S/C25H32N8O3/c1-5-18(26)30-23(34)16-10-8-15(9-11-16)20-19-21(27)28-14-29-22(19)33(31-20)17-7-6-12-32(13-17)24(35)36-25(2,3)4/h5,8-11,14,17H,6-7,12-13,26H2,1-4H3,(H,30,34)(H2,27,28,29)/b18-5+/t17-/m1/s1. The molecule has 0 spiro atoms. The minimum Gasteiger partial charge on any atom is -0.444 e. The Kier molecular flexibility index (Phi) is 6.82. The summed E-state index contributed by atoms with van der Waals surface area (Å²) >= 11 is 0. The summed E-state index contributed by atoms with van der Waals surface area (Å²) in [6.07, 6.45) is 4.31. The number of nitrogen functional groups attached to an aromatic ring is 1. The van der Waals surface area contributed by atoms with Crippen LogP contribution in [0.3, 0.4) is 0 Å². The third-order valence-corrected chi connectivity index (χ3v) is 5.90. The number of nitrogens with two attached hydrogens (primary N) is 2. The average molecular weight is 493 g/mol. The molecule has 11 heteroatoms. The van der Waals surface area contributed by atoms with Gasteiger partial charge in [0, 0.05) is 24.2 Å². The second-order valence-electron chi connectivity index (χ2n) is 9.75. The van der Waals surface area contributed by atoms with Gasteiger partial charge in [0.25, 0.3) is 5.91 Å². The number of hydrogen-bond donors (Lipinski definition) is 3. The largest absolute Gasteiger partial charge is 0.444 e. The monoisotopic (exact) mass is 492 g/mol. The van der Waals surface area contributed by atoms with Gasteiger partial charge in [0.05, 0.1) is 17.2 Å². The van der Waals surface area contributed by atoms with Crippen molar-refractivity contribution in [2.75, 3.05) is 18.8 Å². The molecule has 5 N–H and O–H groups in total. The number of rotatable bonds is 4. The van der Waals surface area contributed by atoms with Crippen molar-refractivity contribution >= 4 is 28.9 Å². The number of nitrogens with zero attached hydrogens (tertiary/aromatic N) is 5. The molecule has 2 amide bonds. The van der Waals surface area contributed by atoms with Gasteiger partial charge in [-0.2, -0.15) is 5.10 Å². The van der Waals surface area contributed by atoms with E-state index in [9.17, 15) is 9.59 Å².